The highest BCUT2D eigenvalue weighted by atomic mass is 32.2. The van der Waals surface area contributed by atoms with Crippen LogP contribution in [0.1, 0.15) is 32.6 Å². The van der Waals surface area contributed by atoms with E-state index in [2.05, 4.69) is 17.1 Å². The standard InChI is InChI=1S/C14H26N2OS2/c1-2-3-6-16-7-4-12(5-8-16)15-14(17)13-11-18-9-10-19-13/h12-13H,2-11H2,1H3,(H,15,17). The molecule has 5 heteroatoms. The minimum absolute atomic E-state index is 0.192. The number of carbonyl (C=O) groups is 1. The third kappa shape index (κ3) is 5.20. The highest BCUT2D eigenvalue weighted by Gasteiger charge is 2.26. The van der Waals surface area contributed by atoms with E-state index in [1.807, 2.05) is 23.5 Å². The molecule has 1 atom stereocenters. The lowest BCUT2D eigenvalue weighted by Crippen LogP contribution is -2.48. The molecule has 0 aromatic heterocycles. The highest BCUT2D eigenvalue weighted by molar-refractivity contribution is 8.07. The number of unbranched alkanes of at least 4 members (excludes halogenated alkanes) is 1. The van der Waals surface area contributed by atoms with Crippen molar-refractivity contribution >= 4 is 29.4 Å². The van der Waals surface area contributed by atoms with Crippen LogP contribution in [0, 0.1) is 0 Å². The van der Waals surface area contributed by atoms with Crippen LogP contribution in [0.5, 0.6) is 0 Å². The normalized spacial score (nSPS) is 26.3. The van der Waals surface area contributed by atoms with Crippen LogP contribution >= 0.6 is 23.5 Å². The second-order valence-corrected chi connectivity index (χ2v) is 7.87. The summed E-state index contributed by atoms with van der Waals surface area (Å²) in [7, 11) is 0. The summed E-state index contributed by atoms with van der Waals surface area (Å²) in [4.78, 5) is 14.7. The molecule has 110 valence electrons. The zero-order valence-electron chi connectivity index (χ0n) is 11.9. The molecule has 0 saturated carbocycles. The lowest BCUT2D eigenvalue weighted by molar-refractivity contribution is -0.121. The number of hydrogen-bond donors (Lipinski definition) is 1. The topological polar surface area (TPSA) is 32.3 Å². The number of thioether (sulfide) groups is 2. The van der Waals surface area contributed by atoms with E-state index in [1.54, 1.807) is 0 Å². The van der Waals surface area contributed by atoms with Crippen molar-refractivity contribution in [2.45, 2.75) is 43.9 Å². The summed E-state index contributed by atoms with van der Waals surface area (Å²) in [6.45, 7) is 5.77. The van der Waals surface area contributed by atoms with Gasteiger partial charge in [0.05, 0.1) is 5.25 Å². The Balaban J connectivity index is 1.65. The van der Waals surface area contributed by atoms with Gasteiger partial charge in [-0.3, -0.25) is 4.79 Å². The lowest BCUT2D eigenvalue weighted by Gasteiger charge is -2.33. The quantitative estimate of drug-likeness (QED) is 0.844. The predicted molar refractivity (Wildman–Crippen MR) is 86.1 cm³/mol. The lowest BCUT2D eigenvalue weighted by atomic mass is 10.0. The van der Waals surface area contributed by atoms with Crippen molar-refractivity contribution in [3.05, 3.63) is 0 Å². The van der Waals surface area contributed by atoms with Crippen LogP contribution in [0.4, 0.5) is 0 Å². The number of nitrogens with zero attached hydrogens (tertiary/aromatic N) is 1. The van der Waals surface area contributed by atoms with E-state index < -0.39 is 0 Å². The maximum absolute atomic E-state index is 12.2. The summed E-state index contributed by atoms with van der Waals surface area (Å²) in [6.07, 6.45) is 4.82. The number of likely N-dealkylation sites (tertiary alicyclic amines) is 1. The van der Waals surface area contributed by atoms with Gasteiger partial charge in [-0.2, -0.15) is 11.8 Å². The molecule has 2 aliphatic rings. The van der Waals surface area contributed by atoms with Crippen LogP contribution < -0.4 is 5.32 Å². The van der Waals surface area contributed by atoms with Gasteiger partial charge < -0.3 is 10.2 Å². The molecule has 0 aromatic rings. The van der Waals surface area contributed by atoms with Crippen LogP contribution in [0.25, 0.3) is 0 Å². The Morgan fingerprint density at radius 3 is 2.74 bits per heavy atom. The van der Waals surface area contributed by atoms with Crippen LogP contribution in [0.15, 0.2) is 0 Å². The van der Waals surface area contributed by atoms with Crippen molar-refractivity contribution in [1.82, 2.24) is 10.2 Å². The van der Waals surface area contributed by atoms with Gasteiger partial charge in [0.25, 0.3) is 0 Å². The highest BCUT2D eigenvalue weighted by Crippen LogP contribution is 2.24. The summed E-state index contributed by atoms with van der Waals surface area (Å²) < 4.78 is 0. The molecule has 0 radical (unpaired) electrons. The summed E-state index contributed by atoms with van der Waals surface area (Å²) >= 11 is 3.74. The van der Waals surface area contributed by atoms with Crippen molar-refractivity contribution < 1.29 is 4.79 Å². The molecular formula is C14H26N2OS2. The van der Waals surface area contributed by atoms with Crippen LogP contribution in [0.3, 0.4) is 0 Å². The summed E-state index contributed by atoms with van der Waals surface area (Å²) in [6, 6.07) is 0.415. The second-order valence-electron chi connectivity index (χ2n) is 5.41. The molecule has 1 amide bonds. The minimum atomic E-state index is 0.192. The van der Waals surface area contributed by atoms with E-state index in [0.29, 0.717) is 6.04 Å². The fraction of sp³-hybridized carbons (Fsp3) is 0.929. The Bertz CT molecular complexity index is 275. The van der Waals surface area contributed by atoms with Gasteiger partial charge in [-0.1, -0.05) is 13.3 Å². The molecule has 2 aliphatic heterocycles. The van der Waals surface area contributed by atoms with Crippen LogP contribution in [-0.2, 0) is 4.79 Å². The molecule has 0 bridgehead atoms. The molecule has 2 saturated heterocycles. The first-order valence-electron chi connectivity index (χ1n) is 7.51. The van der Waals surface area contributed by atoms with Gasteiger partial charge in [-0.05, 0) is 25.8 Å². The number of piperidine rings is 1. The Morgan fingerprint density at radius 2 is 2.11 bits per heavy atom. The molecule has 2 fully saturated rings. The van der Waals surface area contributed by atoms with E-state index in [-0.39, 0.29) is 11.2 Å². The molecule has 3 nitrogen and oxygen atoms in total. The Hall–Kier alpha value is 0.130. The molecule has 2 heterocycles. The third-order valence-corrected chi connectivity index (χ3v) is 6.62. The number of amides is 1. The van der Waals surface area contributed by atoms with Crippen molar-refractivity contribution in [2.24, 2.45) is 0 Å². The molecular weight excluding hydrogens is 276 g/mol. The van der Waals surface area contributed by atoms with E-state index in [1.165, 1.54) is 25.1 Å². The Kier molecular flexibility index (Phi) is 6.88. The molecule has 1 unspecified atom stereocenters. The van der Waals surface area contributed by atoms with Crippen molar-refractivity contribution in [2.75, 3.05) is 36.9 Å². The zero-order valence-corrected chi connectivity index (χ0v) is 13.5. The Morgan fingerprint density at radius 1 is 1.32 bits per heavy atom. The van der Waals surface area contributed by atoms with Crippen molar-refractivity contribution in [1.29, 1.82) is 0 Å². The summed E-state index contributed by atoms with van der Waals surface area (Å²) in [5.41, 5.74) is 0. The third-order valence-electron chi connectivity index (χ3n) is 3.87. The van der Waals surface area contributed by atoms with E-state index >= 15 is 0 Å². The molecule has 2 rings (SSSR count). The van der Waals surface area contributed by atoms with E-state index in [9.17, 15) is 4.79 Å². The SMILES string of the molecule is CCCCN1CCC(NC(=O)C2CSCCS2)CC1. The summed E-state index contributed by atoms with van der Waals surface area (Å²) in [5.74, 6) is 3.60. The first kappa shape index (κ1) is 15.5. The minimum Gasteiger partial charge on any atom is -0.352 e. The van der Waals surface area contributed by atoms with Gasteiger partial charge in [-0.25, -0.2) is 0 Å². The van der Waals surface area contributed by atoms with Gasteiger partial charge in [0.15, 0.2) is 0 Å². The number of rotatable bonds is 5. The number of nitrogens with one attached hydrogen (secondary N) is 1. The Labute approximate surface area is 125 Å². The predicted octanol–water partition coefficient (Wildman–Crippen LogP) is 2.22. The monoisotopic (exact) mass is 302 g/mol. The smallest absolute Gasteiger partial charge is 0.234 e. The number of carbonyl (C=O) groups excluding carboxylic acids is 1. The zero-order chi connectivity index (χ0) is 13.5. The fourth-order valence-electron chi connectivity index (χ4n) is 2.62. The maximum Gasteiger partial charge on any atom is 0.234 e. The van der Waals surface area contributed by atoms with Gasteiger partial charge in [0, 0.05) is 36.4 Å². The van der Waals surface area contributed by atoms with E-state index in [4.69, 9.17) is 0 Å². The maximum atomic E-state index is 12.2. The first-order valence-corrected chi connectivity index (χ1v) is 9.72. The van der Waals surface area contributed by atoms with Gasteiger partial charge in [0.1, 0.15) is 0 Å². The second kappa shape index (κ2) is 8.42. The van der Waals surface area contributed by atoms with Gasteiger partial charge in [0.2, 0.25) is 5.91 Å². The molecule has 1 N–H and O–H groups in total. The number of hydrogen-bond acceptors (Lipinski definition) is 4. The van der Waals surface area contributed by atoms with Gasteiger partial charge >= 0.3 is 0 Å². The molecule has 19 heavy (non-hydrogen) atoms. The first-order chi connectivity index (χ1) is 9.29. The van der Waals surface area contributed by atoms with E-state index in [0.717, 1.165) is 37.4 Å². The molecule has 0 aliphatic carbocycles. The van der Waals surface area contributed by atoms with Crippen molar-refractivity contribution in [3.63, 3.8) is 0 Å². The van der Waals surface area contributed by atoms with Crippen LogP contribution in [0.2, 0.25) is 0 Å². The van der Waals surface area contributed by atoms with Crippen molar-refractivity contribution in [3.8, 4) is 0 Å². The summed E-state index contributed by atoms with van der Waals surface area (Å²) in [5, 5.41) is 3.46. The average Bonchev–Trinajstić information content (AvgIpc) is 2.47. The molecule has 0 aromatic carbocycles. The fourth-order valence-corrected chi connectivity index (χ4v) is 5.18. The van der Waals surface area contributed by atoms with Gasteiger partial charge in [-0.15, -0.1) is 11.8 Å². The average molecular weight is 303 g/mol. The molecule has 0 spiro atoms. The van der Waals surface area contributed by atoms with Crippen LogP contribution in [-0.4, -0.2) is 59.0 Å². The largest absolute Gasteiger partial charge is 0.352 e.